The van der Waals surface area contributed by atoms with Gasteiger partial charge in [0.15, 0.2) is 0 Å². The predicted octanol–water partition coefficient (Wildman–Crippen LogP) is 3.40. The fourth-order valence-corrected chi connectivity index (χ4v) is 3.75. The van der Waals surface area contributed by atoms with Gasteiger partial charge in [0.25, 0.3) is 0 Å². The fourth-order valence-electron chi connectivity index (χ4n) is 3.60. The summed E-state index contributed by atoms with van der Waals surface area (Å²) < 4.78 is 105. The van der Waals surface area contributed by atoms with E-state index in [1.54, 1.807) is 0 Å². The molecule has 1 aliphatic rings. The van der Waals surface area contributed by atoms with Crippen LogP contribution in [0.15, 0.2) is 36.6 Å². The summed E-state index contributed by atoms with van der Waals surface area (Å²) in [6.45, 7) is 1.35. The summed E-state index contributed by atoms with van der Waals surface area (Å²) in [6, 6.07) is 1.23. The summed E-state index contributed by atoms with van der Waals surface area (Å²) >= 11 is 4.36. The number of nitrogens with two attached hydrogens (primary N) is 1. The van der Waals surface area contributed by atoms with Gasteiger partial charge in [0.1, 0.15) is 0 Å². The van der Waals surface area contributed by atoms with Gasteiger partial charge >= 0.3 is 202 Å². The molecule has 4 atom stereocenters. The number of hydrogen-bond acceptors (Lipinski definition) is 4. The van der Waals surface area contributed by atoms with Gasteiger partial charge in [-0.05, 0) is 0 Å². The molecule has 1 saturated heterocycles. The van der Waals surface area contributed by atoms with Crippen LogP contribution in [0.1, 0.15) is 25.3 Å². The number of amides is 2. The zero-order valence-corrected chi connectivity index (χ0v) is 19.0. The molecule has 1 fully saturated rings. The molecule has 1 aliphatic heterocycles. The number of hydrogen-bond donors (Lipinski definition) is 2. The van der Waals surface area contributed by atoms with Gasteiger partial charge < -0.3 is 0 Å². The van der Waals surface area contributed by atoms with E-state index in [1.165, 1.54) is 0 Å². The Labute approximate surface area is 202 Å². The van der Waals surface area contributed by atoms with Crippen LogP contribution in [0.3, 0.4) is 0 Å². The first-order chi connectivity index (χ1) is 16.0. The molecular weight excluding hydrogens is 536 g/mol. The molecule has 35 heavy (non-hydrogen) atoms. The molecule has 3 N–H and O–H groups in total. The molecule has 0 aromatic heterocycles. The van der Waals surface area contributed by atoms with Crippen LogP contribution in [-0.4, -0.2) is 40.8 Å². The second-order valence-corrected chi connectivity index (χ2v) is 8.12. The molecule has 6 nitrogen and oxygen atoms in total. The van der Waals surface area contributed by atoms with Gasteiger partial charge in [-0.25, -0.2) is 0 Å². The van der Waals surface area contributed by atoms with E-state index < -0.39 is 75.6 Å². The topological polar surface area (TPSA) is 90.7 Å². The average molecular weight is 555 g/mol. The first-order valence-corrected chi connectivity index (χ1v) is 10.2. The number of carbonyl (C=O) groups is 2. The summed E-state index contributed by atoms with van der Waals surface area (Å²) in [5.41, 5.74) is 1.13. The van der Waals surface area contributed by atoms with E-state index in [0.717, 1.165) is 25.1 Å². The zero-order chi connectivity index (χ0) is 26.9. The third kappa shape index (κ3) is 5.75. The van der Waals surface area contributed by atoms with Crippen molar-refractivity contribution in [2.75, 3.05) is 0 Å². The van der Waals surface area contributed by atoms with Gasteiger partial charge in [0.2, 0.25) is 0 Å². The molecule has 1 aromatic rings. The van der Waals surface area contributed by atoms with Crippen molar-refractivity contribution < 1.29 is 64.8 Å². The van der Waals surface area contributed by atoms with Crippen molar-refractivity contribution in [3.63, 3.8) is 0 Å². The number of carbonyl (C=O) groups excluding carboxylic acids is 2. The van der Waals surface area contributed by atoms with Gasteiger partial charge in [0, 0.05) is 0 Å². The first-order valence-electron chi connectivity index (χ1n) is 9.66. The molecule has 2 amide bonds. The average Bonchev–Trinajstić information content (AvgIpc) is 3.02. The Bertz CT molecular complexity index is 1080. The van der Waals surface area contributed by atoms with Crippen molar-refractivity contribution >= 4 is 16.3 Å². The molecule has 1 aromatic carbocycles. The second-order valence-electron chi connectivity index (χ2n) is 7.59. The van der Waals surface area contributed by atoms with Crippen LogP contribution in [0, 0.1) is 17.6 Å². The monoisotopic (exact) mass is 554 g/mol. The minimum absolute atomic E-state index is 0.236. The van der Waals surface area contributed by atoms with E-state index in [-0.39, 0.29) is 5.70 Å². The summed E-state index contributed by atoms with van der Waals surface area (Å²) in [4.78, 5) is 24.2. The first kappa shape index (κ1) is 28.5. The van der Waals surface area contributed by atoms with Crippen LogP contribution in [-0.2, 0) is 29.4 Å². The SMILES string of the molecule is C=C/C(=C\[C](=[Ni])C(N)=O)NC(=O)[C@H]1O[C@](C)(C(F)(F)F)[C@H](C)[C@@H]1c1ccc(F)c(F)c1OC(F)F. The summed E-state index contributed by atoms with van der Waals surface area (Å²) in [5, 5.41) is 2.16. The molecule has 0 bridgehead atoms. The number of halogens is 7. The third-order valence-electron chi connectivity index (χ3n) is 5.55. The number of alkyl halides is 5. The quantitative estimate of drug-likeness (QED) is 0.293. The number of rotatable bonds is 8. The Morgan fingerprint density at radius 3 is 2.40 bits per heavy atom. The van der Waals surface area contributed by atoms with Crippen LogP contribution >= 0.6 is 0 Å². The summed E-state index contributed by atoms with van der Waals surface area (Å²) in [7, 11) is 0. The second kappa shape index (κ2) is 10.5. The Morgan fingerprint density at radius 1 is 1.31 bits per heavy atom. The number of allylic oxidation sites excluding steroid dienone is 1. The Morgan fingerprint density at radius 2 is 1.91 bits per heavy atom. The standard InChI is InChI=1S/C21H19F7N2O4.Ni/c1-4-10(5-8-13(29)31)30-18(32)17-14(9(2)20(3,34-17)21(26,27)28)11-6-7-12(22)15(23)16(11)33-19(24)25;/h4-7,9,14,17,19H,1H2,2-3H3,(H2,29,31)(H,30,32);/b10-5+;/t9-,14-,17+,20+;/m1./s1. The van der Waals surface area contributed by atoms with Crippen molar-refractivity contribution in [2.24, 2.45) is 11.7 Å². The Hall–Kier alpha value is -2.73. The van der Waals surface area contributed by atoms with Gasteiger partial charge in [-0.3, -0.25) is 0 Å². The van der Waals surface area contributed by atoms with E-state index in [9.17, 15) is 40.3 Å². The summed E-state index contributed by atoms with van der Waals surface area (Å²) in [5.74, 6) is -10.5. The molecule has 0 saturated carbocycles. The van der Waals surface area contributed by atoms with Crippen molar-refractivity contribution in [3.05, 3.63) is 53.8 Å². The zero-order valence-electron chi connectivity index (χ0n) is 18.0. The molecule has 0 spiro atoms. The van der Waals surface area contributed by atoms with Gasteiger partial charge in [-0.1, -0.05) is 0 Å². The van der Waals surface area contributed by atoms with Crippen molar-refractivity contribution in [2.45, 2.75) is 44.3 Å². The number of primary amides is 1. The molecular formula is C21H19F7N2NiO4. The molecule has 2 rings (SSSR count). The normalized spacial score (nSPS) is 24.9. The Balaban J connectivity index is 2.64. The van der Waals surface area contributed by atoms with Gasteiger partial charge in [-0.15, -0.1) is 0 Å². The van der Waals surface area contributed by atoms with E-state index in [4.69, 9.17) is 10.5 Å². The molecule has 1 heterocycles. The van der Waals surface area contributed by atoms with E-state index in [2.05, 4.69) is 31.7 Å². The molecule has 0 radical (unpaired) electrons. The van der Waals surface area contributed by atoms with Crippen LogP contribution in [0.25, 0.3) is 0 Å². The number of benzene rings is 1. The predicted molar refractivity (Wildman–Crippen MR) is 105 cm³/mol. The number of ether oxygens (including phenoxy) is 2. The minimum atomic E-state index is -5.06. The van der Waals surface area contributed by atoms with Crippen molar-refractivity contribution in [3.8, 4) is 5.75 Å². The van der Waals surface area contributed by atoms with Crippen LogP contribution in [0.2, 0.25) is 0 Å². The Kier molecular flexibility index (Phi) is 8.54. The molecule has 14 heteroatoms. The van der Waals surface area contributed by atoms with Crippen molar-refractivity contribution in [1.82, 2.24) is 5.32 Å². The van der Waals surface area contributed by atoms with Crippen molar-refractivity contribution in [1.29, 1.82) is 0 Å². The fraction of sp³-hybridized carbons (Fsp3) is 0.381. The number of nitrogens with one attached hydrogen (secondary N) is 1. The van der Waals surface area contributed by atoms with E-state index >= 15 is 0 Å². The molecule has 196 valence electrons. The molecule has 0 aliphatic carbocycles. The van der Waals surface area contributed by atoms with Gasteiger partial charge in [0.05, 0.1) is 0 Å². The van der Waals surface area contributed by atoms with E-state index in [0.29, 0.717) is 13.0 Å². The van der Waals surface area contributed by atoms with E-state index in [1.807, 2.05) is 0 Å². The van der Waals surface area contributed by atoms with Crippen LogP contribution < -0.4 is 15.8 Å². The summed E-state index contributed by atoms with van der Waals surface area (Å²) in [6.07, 6.45) is -5.20. The maximum absolute atomic E-state index is 14.4. The third-order valence-corrected chi connectivity index (χ3v) is 5.94. The molecule has 0 unspecified atom stereocenters. The maximum atomic E-state index is 14.4. The van der Waals surface area contributed by atoms with Crippen LogP contribution in [0.4, 0.5) is 30.7 Å². The van der Waals surface area contributed by atoms with Crippen LogP contribution in [0.5, 0.6) is 5.75 Å². The van der Waals surface area contributed by atoms with Gasteiger partial charge in [-0.2, -0.15) is 0 Å².